The number of nitrogens with zero attached hydrogens (tertiary/aromatic N) is 4. The van der Waals surface area contributed by atoms with Gasteiger partial charge < -0.3 is 19.9 Å². The lowest BCUT2D eigenvalue weighted by Gasteiger charge is -2.33. The summed E-state index contributed by atoms with van der Waals surface area (Å²) in [6.45, 7) is 4.42. The van der Waals surface area contributed by atoms with Gasteiger partial charge in [-0.2, -0.15) is 0 Å². The van der Waals surface area contributed by atoms with Crippen molar-refractivity contribution in [2.75, 3.05) is 56.7 Å². The fourth-order valence-electron chi connectivity index (χ4n) is 1.95. The molecule has 19 heavy (non-hydrogen) atoms. The third-order valence-electron chi connectivity index (χ3n) is 3.05. The highest BCUT2D eigenvalue weighted by molar-refractivity contribution is 5.51. The van der Waals surface area contributed by atoms with Crippen LogP contribution in [0.25, 0.3) is 0 Å². The second-order valence-electron chi connectivity index (χ2n) is 4.31. The van der Waals surface area contributed by atoms with Gasteiger partial charge in [0.2, 0.25) is 6.41 Å². The standard InChI is InChI=1S/C12H19N5O2/c1-19-7-2-13-11-8-12(15-9-14-11)17-5-3-16(10-18)4-6-17/h8-10H,2-7H2,1H3,(H,13,14,15). The number of aromatic nitrogens is 2. The van der Waals surface area contributed by atoms with E-state index in [1.165, 1.54) is 0 Å². The molecule has 1 aromatic heterocycles. The molecule has 2 heterocycles. The normalized spacial score (nSPS) is 15.4. The summed E-state index contributed by atoms with van der Waals surface area (Å²) in [5.41, 5.74) is 0. The van der Waals surface area contributed by atoms with Gasteiger partial charge >= 0.3 is 0 Å². The van der Waals surface area contributed by atoms with Gasteiger partial charge in [-0.15, -0.1) is 0 Å². The lowest BCUT2D eigenvalue weighted by molar-refractivity contribution is -0.118. The van der Waals surface area contributed by atoms with Crippen molar-refractivity contribution < 1.29 is 9.53 Å². The largest absolute Gasteiger partial charge is 0.383 e. The number of anilines is 2. The molecule has 0 radical (unpaired) electrons. The molecule has 1 N–H and O–H groups in total. The molecular formula is C12H19N5O2. The van der Waals surface area contributed by atoms with E-state index < -0.39 is 0 Å². The molecular weight excluding hydrogens is 246 g/mol. The van der Waals surface area contributed by atoms with Crippen LogP contribution in [-0.2, 0) is 9.53 Å². The number of carbonyl (C=O) groups is 1. The molecule has 0 atom stereocenters. The molecule has 0 spiro atoms. The van der Waals surface area contributed by atoms with E-state index in [0.717, 1.165) is 44.2 Å². The van der Waals surface area contributed by atoms with E-state index in [9.17, 15) is 4.79 Å². The highest BCUT2D eigenvalue weighted by Crippen LogP contribution is 2.15. The lowest BCUT2D eigenvalue weighted by Crippen LogP contribution is -2.46. The van der Waals surface area contributed by atoms with E-state index in [4.69, 9.17) is 4.74 Å². The molecule has 1 aliphatic heterocycles. The number of carbonyl (C=O) groups excluding carboxylic acids is 1. The number of ether oxygens (including phenoxy) is 1. The minimum absolute atomic E-state index is 0.636. The van der Waals surface area contributed by atoms with Gasteiger partial charge in [-0.3, -0.25) is 4.79 Å². The first kappa shape index (κ1) is 13.5. The van der Waals surface area contributed by atoms with Gasteiger partial charge in [0.1, 0.15) is 18.0 Å². The van der Waals surface area contributed by atoms with E-state index in [-0.39, 0.29) is 0 Å². The van der Waals surface area contributed by atoms with Crippen LogP contribution in [-0.4, -0.2) is 67.7 Å². The third-order valence-corrected chi connectivity index (χ3v) is 3.05. The van der Waals surface area contributed by atoms with Gasteiger partial charge in [0.05, 0.1) is 6.61 Å². The van der Waals surface area contributed by atoms with E-state index in [1.807, 2.05) is 6.07 Å². The molecule has 0 bridgehead atoms. The second-order valence-corrected chi connectivity index (χ2v) is 4.31. The fourth-order valence-corrected chi connectivity index (χ4v) is 1.95. The Balaban J connectivity index is 1.93. The quantitative estimate of drug-likeness (QED) is 0.568. The van der Waals surface area contributed by atoms with Crippen LogP contribution in [0.3, 0.4) is 0 Å². The van der Waals surface area contributed by atoms with E-state index in [0.29, 0.717) is 13.2 Å². The maximum atomic E-state index is 10.7. The molecule has 1 amide bonds. The zero-order chi connectivity index (χ0) is 13.5. The first-order chi connectivity index (χ1) is 9.33. The SMILES string of the molecule is COCCNc1cc(N2CCN(C=O)CC2)ncn1. The van der Waals surface area contributed by atoms with Gasteiger partial charge in [0, 0.05) is 45.9 Å². The summed E-state index contributed by atoms with van der Waals surface area (Å²) in [5, 5.41) is 3.18. The summed E-state index contributed by atoms with van der Waals surface area (Å²) >= 11 is 0. The monoisotopic (exact) mass is 265 g/mol. The van der Waals surface area contributed by atoms with Crippen molar-refractivity contribution in [2.24, 2.45) is 0 Å². The molecule has 7 nitrogen and oxygen atoms in total. The Hall–Kier alpha value is -1.89. The molecule has 0 unspecified atom stereocenters. The maximum Gasteiger partial charge on any atom is 0.209 e. The van der Waals surface area contributed by atoms with Crippen LogP contribution in [0, 0.1) is 0 Å². The Morgan fingerprint density at radius 3 is 2.84 bits per heavy atom. The minimum Gasteiger partial charge on any atom is -0.383 e. The van der Waals surface area contributed by atoms with Crippen LogP contribution < -0.4 is 10.2 Å². The smallest absolute Gasteiger partial charge is 0.209 e. The fraction of sp³-hybridized carbons (Fsp3) is 0.583. The van der Waals surface area contributed by atoms with Gasteiger partial charge in [-0.05, 0) is 0 Å². The Kier molecular flexibility index (Phi) is 4.91. The molecule has 0 aromatic carbocycles. The van der Waals surface area contributed by atoms with Crippen LogP contribution in [0.1, 0.15) is 0 Å². The molecule has 1 fully saturated rings. The average molecular weight is 265 g/mol. The molecule has 1 saturated heterocycles. The first-order valence-corrected chi connectivity index (χ1v) is 6.32. The number of hydrogen-bond acceptors (Lipinski definition) is 6. The average Bonchev–Trinajstić information content (AvgIpc) is 2.48. The summed E-state index contributed by atoms with van der Waals surface area (Å²) < 4.78 is 4.98. The predicted molar refractivity (Wildman–Crippen MR) is 72.2 cm³/mol. The van der Waals surface area contributed by atoms with Crippen LogP contribution in [0.2, 0.25) is 0 Å². The number of piperazine rings is 1. The van der Waals surface area contributed by atoms with Crippen LogP contribution in [0.4, 0.5) is 11.6 Å². The van der Waals surface area contributed by atoms with E-state index >= 15 is 0 Å². The summed E-state index contributed by atoms with van der Waals surface area (Å²) in [5.74, 6) is 1.68. The Morgan fingerprint density at radius 2 is 2.16 bits per heavy atom. The first-order valence-electron chi connectivity index (χ1n) is 6.32. The maximum absolute atomic E-state index is 10.7. The summed E-state index contributed by atoms with van der Waals surface area (Å²) in [6.07, 6.45) is 2.45. The Bertz CT molecular complexity index is 407. The molecule has 104 valence electrons. The zero-order valence-electron chi connectivity index (χ0n) is 11.1. The topological polar surface area (TPSA) is 70.6 Å². The van der Waals surface area contributed by atoms with Gasteiger partial charge in [-0.1, -0.05) is 0 Å². The Labute approximate surface area is 112 Å². The van der Waals surface area contributed by atoms with Crippen molar-refractivity contribution in [1.82, 2.24) is 14.9 Å². The molecule has 0 aliphatic carbocycles. The van der Waals surface area contributed by atoms with Crippen LogP contribution in [0.15, 0.2) is 12.4 Å². The molecule has 1 aliphatic rings. The van der Waals surface area contributed by atoms with Gasteiger partial charge in [-0.25, -0.2) is 9.97 Å². The molecule has 1 aromatic rings. The van der Waals surface area contributed by atoms with Crippen molar-refractivity contribution in [3.05, 3.63) is 12.4 Å². The van der Waals surface area contributed by atoms with Gasteiger partial charge in [0.25, 0.3) is 0 Å². The number of amides is 1. The number of rotatable bonds is 6. The van der Waals surface area contributed by atoms with Crippen molar-refractivity contribution >= 4 is 18.0 Å². The number of methoxy groups -OCH3 is 1. The lowest BCUT2D eigenvalue weighted by atomic mass is 10.3. The summed E-state index contributed by atoms with van der Waals surface area (Å²) in [6, 6.07) is 1.92. The molecule has 0 saturated carbocycles. The number of nitrogens with one attached hydrogen (secondary N) is 1. The Morgan fingerprint density at radius 1 is 1.37 bits per heavy atom. The number of hydrogen-bond donors (Lipinski definition) is 1. The highest BCUT2D eigenvalue weighted by Gasteiger charge is 2.16. The minimum atomic E-state index is 0.636. The van der Waals surface area contributed by atoms with Crippen molar-refractivity contribution in [3.8, 4) is 0 Å². The summed E-state index contributed by atoms with van der Waals surface area (Å²) in [7, 11) is 1.67. The summed E-state index contributed by atoms with van der Waals surface area (Å²) in [4.78, 5) is 23.0. The van der Waals surface area contributed by atoms with Crippen LogP contribution >= 0.6 is 0 Å². The second kappa shape index (κ2) is 6.89. The molecule has 7 heteroatoms. The zero-order valence-corrected chi connectivity index (χ0v) is 11.1. The molecule has 2 rings (SSSR count). The van der Waals surface area contributed by atoms with Crippen molar-refractivity contribution in [1.29, 1.82) is 0 Å². The van der Waals surface area contributed by atoms with Crippen molar-refractivity contribution in [3.63, 3.8) is 0 Å². The van der Waals surface area contributed by atoms with E-state index in [2.05, 4.69) is 20.2 Å². The highest BCUT2D eigenvalue weighted by atomic mass is 16.5. The van der Waals surface area contributed by atoms with Crippen molar-refractivity contribution in [2.45, 2.75) is 0 Å². The van der Waals surface area contributed by atoms with Crippen LogP contribution in [0.5, 0.6) is 0 Å². The van der Waals surface area contributed by atoms with E-state index in [1.54, 1.807) is 18.3 Å². The van der Waals surface area contributed by atoms with Gasteiger partial charge in [0.15, 0.2) is 0 Å². The predicted octanol–water partition coefficient (Wildman–Crippen LogP) is -0.187. The third kappa shape index (κ3) is 3.78.